The van der Waals surface area contributed by atoms with Gasteiger partial charge in [0.15, 0.2) is 0 Å². The molecule has 6 heteroatoms. The number of benzene rings is 1. The molecule has 2 heterocycles. The molecule has 0 radical (unpaired) electrons. The van der Waals surface area contributed by atoms with Gasteiger partial charge in [-0.05, 0) is 51.5 Å². The molecule has 3 rings (SSSR count). The van der Waals surface area contributed by atoms with Gasteiger partial charge in [-0.1, -0.05) is 24.8 Å². The van der Waals surface area contributed by atoms with E-state index in [0.717, 1.165) is 39.1 Å². The van der Waals surface area contributed by atoms with Gasteiger partial charge >= 0.3 is 0 Å². The summed E-state index contributed by atoms with van der Waals surface area (Å²) in [4.78, 5) is 24.6. The second kappa shape index (κ2) is 9.64. The Morgan fingerprint density at radius 3 is 2.56 bits per heavy atom. The first kappa shape index (κ1) is 23.0. The Labute approximate surface area is 189 Å². The molecule has 166 valence electrons. The maximum absolute atomic E-state index is 11.7. The summed E-state index contributed by atoms with van der Waals surface area (Å²) in [5, 5.41) is 0.982. The number of anilines is 2. The van der Waals surface area contributed by atoms with E-state index in [1.54, 1.807) is 18.1 Å². The molecule has 3 aromatic rings. The van der Waals surface area contributed by atoms with Crippen LogP contribution in [0.1, 0.15) is 36.4 Å². The minimum Gasteiger partial charge on any atom is -0.487 e. The van der Waals surface area contributed by atoms with Crippen molar-refractivity contribution in [2.24, 2.45) is 0 Å². The fraction of sp³-hybridized carbons (Fsp3) is 0.269. The van der Waals surface area contributed by atoms with Crippen LogP contribution in [0.4, 0.5) is 11.5 Å². The van der Waals surface area contributed by atoms with Crippen LogP contribution in [0.3, 0.4) is 0 Å². The number of hydrogen-bond acceptors (Lipinski definition) is 5. The Bertz CT molecular complexity index is 1180. The van der Waals surface area contributed by atoms with Gasteiger partial charge in [0, 0.05) is 48.7 Å². The Hall–Kier alpha value is -3.67. The monoisotopic (exact) mass is 430 g/mol. The summed E-state index contributed by atoms with van der Waals surface area (Å²) in [6.07, 6.45) is 5.71. The van der Waals surface area contributed by atoms with Crippen LogP contribution in [0.15, 0.2) is 55.4 Å². The molecule has 0 fully saturated rings. The molecule has 0 saturated carbocycles. The fourth-order valence-electron chi connectivity index (χ4n) is 3.60. The lowest BCUT2D eigenvalue weighted by Gasteiger charge is -2.20. The van der Waals surface area contributed by atoms with Crippen molar-refractivity contribution in [1.82, 2.24) is 9.97 Å². The lowest BCUT2D eigenvalue weighted by Crippen LogP contribution is -2.24. The highest BCUT2D eigenvalue weighted by Crippen LogP contribution is 2.33. The largest absolute Gasteiger partial charge is 0.487 e. The van der Waals surface area contributed by atoms with E-state index in [0.29, 0.717) is 18.2 Å². The molecule has 0 N–H and O–H groups in total. The zero-order chi connectivity index (χ0) is 23.4. The van der Waals surface area contributed by atoms with Crippen LogP contribution in [-0.4, -0.2) is 22.9 Å². The van der Waals surface area contributed by atoms with Crippen molar-refractivity contribution in [2.45, 2.75) is 41.2 Å². The second-order valence-electron chi connectivity index (χ2n) is 7.74. The number of ether oxygens (including phenoxy) is 1. The summed E-state index contributed by atoms with van der Waals surface area (Å²) in [6.45, 7) is 13.7. The van der Waals surface area contributed by atoms with Gasteiger partial charge in [-0.15, -0.1) is 0 Å². The van der Waals surface area contributed by atoms with Gasteiger partial charge in [-0.2, -0.15) is 0 Å². The Morgan fingerprint density at radius 2 is 1.94 bits per heavy atom. The van der Waals surface area contributed by atoms with Crippen molar-refractivity contribution < 1.29 is 9.53 Å². The van der Waals surface area contributed by atoms with Crippen LogP contribution in [-0.2, 0) is 11.4 Å². The molecule has 1 aromatic carbocycles. The van der Waals surface area contributed by atoms with E-state index in [1.165, 1.54) is 6.92 Å². The number of nitrogens with zero attached hydrogens (tertiary/aromatic N) is 4. The number of aryl methyl sites for hydroxylation is 3. The molecule has 0 bridgehead atoms. The van der Waals surface area contributed by atoms with Crippen molar-refractivity contribution in [1.29, 1.82) is 0 Å². The number of carbonyl (C=O) groups excluding carboxylic acids is 1. The SMILES string of the molecule is C=CN(/C=C\C)c1cc(C)nc2c(OCc3c(C)cc(N(C)C(C)=O)nc3C)cccc12. The molecule has 0 saturated heterocycles. The summed E-state index contributed by atoms with van der Waals surface area (Å²) in [5.74, 6) is 1.29. The maximum atomic E-state index is 11.7. The average molecular weight is 431 g/mol. The number of rotatable bonds is 7. The summed E-state index contributed by atoms with van der Waals surface area (Å²) in [7, 11) is 1.72. The zero-order valence-electron chi connectivity index (χ0n) is 19.6. The molecule has 0 spiro atoms. The topological polar surface area (TPSA) is 58.6 Å². The third kappa shape index (κ3) is 4.64. The summed E-state index contributed by atoms with van der Waals surface area (Å²) in [5.41, 5.74) is 5.55. The van der Waals surface area contributed by atoms with E-state index >= 15 is 0 Å². The minimum atomic E-state index is -0.0558. The van der Waals surface area contributed by atoms with Crippen molar-refractivity contribution in [3.63, 3.8) is 0 Å². The highest BCUT2D eigenvalue weighted by atomic mass is 16.5. The predicted octanol–water partition coefficient (Wildman–Crippen LogP) is 5.60. The van der Waals surface area contributed by atoms with Crippen molar-refractivity contribution in [3.8, 4) is 5.75 Å². The van der Waals surface area contributed by atoms with Crippen LogP contribution in [0.25, 0.3) is 10.9 Å². The number of allylic oxidation sites excluding steroid dienone is 1. The first-order valence-corrected chi connectivity index (χ1v) is 10.5. The van der Waals surface area contributed by atoms with Crippen molar-refractivity contribution in [3.05, 3.63) is 77.9 Å². The highest BCUT2D eigenvalue weighted by molar-refractivity contribution is 5.96. The quantitative estimate of drug-likeness (QED) is 0.488. The van der Waals surface area contributed by atoms with E-state index in [9.17, 15) is 4.79 Å². The Balaban J connectivity index is 1.98. The number of pyridine rings is 2. The predicted molar refractivity (Wildman–Crippen MR) is 131 cm³/mol. The van der Waals surface area contributed by atoms with Gasteiger partial charge in [0.25, 0.3) is 0 Å². The second-order valence-corrected chi connectivity index (χ2v) is 7.74. The van der Waals surface area contributed by atoms with E-state index in [4.69, 9.17) is 9.72 Å². The number of carbonyl (C=O) groups is 1. The molecular formula is C26H30N4O2. The van der Waals surface area contributed by atoms with Gasteiger partial charge in [-0.25, -0.2) is 9.97 Å². The van der Waals surface area contributed by atoms with Crippen LogP contribution in [0.5, 0.6) is 5.75 Å². The number of para-hydroxylation sites is 1. The van der Waals surface area contributed by atoms with Crippen LogP contribution in [0, 0.1) is 20.8 Å². The van der Waals surface area contributed by atoms with Crippen LogP contribution >= 0.6 is 0 Å². The third-order valence-electron chi connectivity index (χ3n) is 5.42. The van der Waals surface area contributed by atoms with Gasteiger partial charge < -0.3 is 14.5 Å². The van der Waals surface area contributed by atoms with Gasteiger partial charge in [-0.3, -0.25) is 4.79 Å². The Morgan fingerprint density at radius 1 is 1.19 bits per heavy atom. The van der Waals surface area contributed by atoms with E-state index < -0.39 is 0 Å². The van der Waals surface area contributed by atoms with E-state index in [-0.39, 0.29) is 5.91 Å². The zero-order valence-corrected chi connectivity index (χ0v) is 19.6. The van der Waals surface area contributed by atoms with Gasteiger partial charge in [0.05, 0.1) is 5.69 Å². The molecule has 0 aliphatic carbocycles. The average Bonchev–Trinajstić information content (AvgIpc) is 2.75. The molecule has 0 unspecified atom stereocenters. The molecule has 0 aliphatic rings. The Kier molecular flexibility index (Phi) is 6.93. The molecule has 0 aliphatic heterocycles. The number of hydrogen-bond donors (Lipinski definition) is 0. The van der Waals surface area contributed by atoms with Gasteiger partial charge in [0.1, 0.15) is 23.7 Å². The number of aromatic nitrogens is 2. The first-order chi connectivity index (χ1) is 15.3. The number of amides is 1. The molecular weight excluding hydrogens is 400 g/mol. The first-order valence-electron chi connectivity index (χ1n) is 10.5. The maximum Gasteiger partial charge on any atom is 0.224 e. The van der Waals surface area contributed by atoms with Crippen LogP contribution in [0.2, 0.25) is 0 Å². The summed E-state index contributed by atoms with van der Waals surface area (Å²) in [6, 6.07) is 9.89. The fourth-order valence-corrected chi connectivity index (χ4v) is 3.60. The van der Waals surface area contributed by atoms with E-state index in [1.807, 2.05) is 75.2 Å². The van der Waals surface area contributed by atoms with E-state index in [2.05, 4.69) is 11.6 Å². The highest BCUT2D eigenvalue weighted by Gasteiger charge is 2.15. The van der Waals surface area contributed by atoms with Gasteiger partial charge in [0.2, 0.25) is 5.91 Å². The number of fused-ring (bicyclic) bond motifs is 1. The standard InChI is InChI=1S/C26H30N4O2/c1-8-13-30(9-2)23-15-18(4)27-26-21(23)11-10-12-24(26)32-16-22-17(3)14-25(28-19(22)5)29(7)20(6)31/h8-15H,2,16H2,1,3-7H3/b13-8-. The lowest BCUT2D eigenvalue weighted by atomic mass is 10.1. The van der Waals surface area contributed by atoms with Crippen LogP contribution < -0.4 is 14.5 Å². The summed E-state index contributed by atoms with van der Waals surface area (Å²) >= 11 is 0. The summed E-state index contributed by atoms with van der Waals surface area (Å²) < 4.78 is 6.25. The third-order valence-corrected chi connectivity index (χ3v) is 5.42. The van der Waals surface area contributed by atoms with Crippen molar-refractivity contribution in [2.75, 3.05) is 16.8 Å². The van der Waals surface area contributed by atoms with Crippen molar-refractivity contribution >= 4 is 28.3 Å². The molecule has 6 nitrogen and oxygen atoms in total. The molecule has 2 aromatic heterocycles. The molecule has 1 amide bonds. The smallest absolute Gasteiger partial charge is 0.224 e. The molecule has 32 heavy (non-hydrogen) atoms. The normalized spacial score (nSPS) is 11.1. The lowest BCUT2D eigenvalue weighted by molar-refractivity contribution is -0.116. The minimum absolute atomic E-state index is 0.0558. The molecule has 0 atom stereocenters.